The van der Waals surface area contributed by atoms with Crippen molar-refractivity contribution in [2.75, 3.05) is 7.11 Å². The molecule has 1 heterocycles. The Kier molecular flexibility index (Phi) is 4.82. The van der Waals surface area contributed by atoms with Gasteiger partial charge in [-0.3, -0.25) is 0 Å². The number of hydrogen-bond donors (Lipinski definition) is 0. The molecule has 2 aromatic rings. The number of rotatable bonds is 3. The van der Waals surface area contributed by atoms with Crippen LogP contribution in [0.2, 0.25) is 0 Å². The van der Waals surface area contributed by atoms with Crippen LogP contribution in [0, 0.1) is 0 Å². The van der Waals surface area contributed by atoms with Crippen molar-refractivity contribution >= 4 is 21.9 Å². The van der Waals surface area contributed by atoms with E-state index >= 15 is 0 Å². The molecule has 0 spiro atoms. The highest BCUT2D eigenvalue weighted by molar-refractivity contribution is 9.10. The molecule has 4 heteroatoms. The van der Waals surface area contributed by atoms with Crippen molar-refractivity contribution in [3.05, 3.63) is 82.0 Å². The predicted octanol–water partition coefficient (Wildman–Crippen LogP) is 4.75. The normalized spacial score (nSPS) is 20.3. The van der Waals surface area contributed by atoms with E-state index in [9.17, 15) is 4.79 Å². The third kappa shape index (κ3) is 3.64. The molecule has 0 N–H and O–H groups in total. The van der Waals surface area contributed by atoms with Gasteiger partial charge in [-0.1, -0.05) is 58.4 Å². The van der Waals surface area contributed by atoms with Crippen LogP contribution in [0.15, 0.2) is 70.9 Å². The van der Waals surface area contributed by atoms with E-state index < -0.39 is 5.97 Å². The number of carbonyl (C=O) groups is 1. The molecule has 0 saturated heterocycles. The van der Waals surface area contributed by atoms with Gasteiger partial charge in [0.1, 0.15) is 6.10 Å². The second-order valence-electron chi connectivity index (χ2n) is 5.43. The maximum Gasteiger partial charge on any atom is 0.373 e. The maximum atomic E-state index is 12.0. The smallest absolute Gasteiger partial charge is 0.373 e. The van der Waals surface area contributed by atoms with Crippen LogP contribution in [0.4, 0.5) is 0 Å². The Bertz CT molecular complexity index is 707. The highest BCUT2D eigenvalue weighted by Crippen LogP contribution is 2.38. The molecule has 0 amide bonds. The first-order valence-corrected chi connectivity index (χ1v) is 8.24. The monoisotopic (exact) mass is 372 g/mol. The lowest BCUT2D eigenvalue weighted by Crippen LogP contribution is -2.20. The van der Waals surface area contributed by atoms with Gasteiger partial charge in [-0.05, 0) is 35.8 Å². The summed E-state index contributed by atoms with van der Waals surface area (Å²) in [6, 6.07) is 18.1. The van der Waals surface area contributed by atoms with Crippen LogP contribution in [0.1, 0.15) is 29.6 Å². The summed E-state index contributed by atoms with van der Waals surface area (Å²) < 4.78 is 11.7. The van der Waals surface area contributed by atoms with Gasteiger partial charge in [-0.2, -0.15) is 0 Å². The zero-order valence-electron chi connectivity index (χ0n) is 12.7. The minimum absolute atomic E-state index is 0.108. The summed E-state index contributed by atoms with van der Waals surface area (Å²) in [7, 11) is 1.37. The van der Waals surface area contributed by atoms with Crippen LogP contribution in [0.25, 0.3) is 0 Å². The minimum atomic E-state index is -0.437. The Balaban J connectivity index is 1.94. The average molecular weight is 373 g/mol. The first kappa shape index (κ1) is 15.8. The molecule has 2 atom stereocenters. The van der Waals surface area contributed by atoms with Gasteiger partial charge in [-0.15, -0.1) is 0 Å². The molecule has 118 valence electrons. The highest BCUT2D eigenvalue weighted by atomic mass is 79.9. The van der Waals surface area contributed by atoms with Crippen molar-refractivity contribution in [3.63, 3.8) is 0 Å². The first-order chi connectivity index (χ1) is 11.2. The topological polar surface area (TPSA) is 35.5 Å². The predicted molar refractivity (Wildman–Crippen MR) is 91.9 cm³/mol. The maximum absolute atomic E-state index is 12.0. The van der Waals surface area contributed by atoms with Crippen LogP contribution < -0.4 is 0 Å². The quantitative estimate of drug-likeness (QED) is 0.729. The van der Waals surface area contributed by atoms with Crippen LogP contribution in [-0.2, 0) is 14.3 Å². The molecular weight excluding hydrogens is 356 g/mol. The van der Waals surface area contributed by atoms with Crippen LogP contribution >= 0.6 is 15.9 Å². The summed E-state index contributed by atoms with van der Waals surface area (Å²) in [4.78, 5) is 12.0. The van der Waals surface area contributed by atoms with E-state index in [0.29, 0.717) is 0 Å². The second-order valence-corrected chi connectivity index (χ2v) is 6.35. The van der Waals surface area contributed by atoms with Gasteiger partial charge >= 0.3 is 5.97 Å². The fraction of sp³-hybridized carbons (Fsp3) is 0.211. The van der Waals surface area contributed by atoms with E-state index in [-0.39, 0.29) is 17.8 Å². The molecule has 3 rings (SSSR count). The van der Waals surface area contributed by atoms with Gasteiger partial charge < -0.3 is 9.47 Å². The van der Waals surface area contributed by atoms with Gasteiger partial charge in [0.15, 0.2) is 0 Å². The van der Waals surface area contributed by atoms with E-state index in [0.717, 1.165) is 22.0 Å². The van der Waals surface area contributed by atoms with Crippen LogP contribution in [0.5, 0.6) is 0 Å². The Labute approximate surface area is 144 Å². The van der Waals surface area contributed by atoms with E-state index in [1.807, 2.05) is 48.5 Å². The van der Waals surface area contributed by atoms with Crippen LogP contribution in [0.3, 0.4) is 0 Å². The highest BCUT2D eigenvalue weighted by Gasteiger charge is 2.29. The Morgan fingerprint density at radius 3 is 2.43 bits per heavy atom. The fourth-order valence-electron chi connectivity index (χ4n) is 2.75. The Morgan fingerprint density at radius 2 is 1.78 bits per heavy atom. The largest absolute Gasteiger partial charge is 0.479 e. The number of benzene rings is 2. The average Bonchev–Trinajstić information content (AvgIpc) is 2.62. The van der Waals surface area contributed by atoms with E-state index in [2.05, 4.69) is 28.1 Å². The number of esters is 1. The molecule has 0 bridgehead atoms. The number of carbonyl (C=O) groups excluding carboxylic acids is 1. The van der Waals surface area contributed by atoms with Gasteiger partial charge in [0, 0.05) is 10.4 Å². The standard InChI is InChI=1S/C19H17BrO3/c1-22-19(21)18-12-15(13-7-9-16(20)10-8-13)11-17(23-18)14-5-3-2-4-6-14/h2-10,12,15,17H,11H2,1H3/t15-,17+/m0/s1. The zero-order valence-corrected chi connectivity index (χ0v) is 14.3. The van der Waals surface area contributed by atoms with Crippen molar-refractivity contribution in [1.29, 1.82) is 0 Å². The Hall–Kier alpha value is -2.07. The molecular formula is C19H17BrO3. The van der Waals surface area contributed by atoms with Gasteiger partial charge in [0.25, 0.3) is 0 Å². The van der Waals surface area contributed by atoms with Crippen molar-refractivity contribution in [2.24, 2.45) is 0 Å². The summed E-state index contributed by atoms with van der Waals surface area (Å²) in [6.45, 7) is 0. The first-order valence-electron chi connectivity index (χ1n) is 7.44. The lowest BCUT2D eigenvalue weighted by atomic mass is 9.88. The molecule has 0 unspecified atom stereocenters. The lowest BCUT2D eigenvalue weighted by Gasteiger charge is -2.29. The molecule has 3 nitrogen and oxygen atoms in total. The molecule has 0 aromatic heterocycles. The van der Waals surface area contributed by atoms with Crippen molar-refractivity contribution in [2.45, 2.75) is 18.4 Å². The number of allylic oxidation sites excluding steroid dienone is 1. The molecule has 2 aromatic carbocycles. The molecule has 0 aliphatic carbocycles. The van der Waals surface area contributed by atoms with Crippen molar-refractivity contribution in [3.8, 4) is 0 Å². The molecule has 23 heavy (non-hydrogen) atoms. The van der Waals surface area contributed by atoms with Crippen LogP contribution in [-0.4, -0.2) is 13.1 Å². The fourth-order valence-corrected chi connectivity index (χ4v) is 3.02. The summed E-state index contributed by atoms with van der Waals surface area (Å²) in [6.07, 6.45) is 2.48. The molecule has 0 saturated carbocycles. The van der Waals surface area contributed by atoms with E-state index in [4.69, 9.17) is 9.47 Å². The third-order valence-electron chi connectivity index (χ3n) is 3.95. The van der Waals surface area contributed by atoms with Crippen molar-refractivity contribution in [1.82, 2.24) is 0 Å². The number of ether oxygens (including phenoxy) is 2. The number of methoxy groups -OCH3 is 1. The summed E-state index contributed by atoms with van der Waals surface area (Å²) >= 11 is 3.45. The van der Waals surface area contributed by atoms with E-state index in [1.54, 1.807) is 0 Å². The summed E-state index contributed by atoms with van der Waals surface area (Å²) in [5.41, 5.74) is 2.21. The number of hydrogen-bond acceptors (Lipinski definition) is 3. The van der Waals surface area contributed by atoms with Crippen molar-refractivity contribution < 1.29 is 14.3 Å². The summed E-state index contributed by atoms with van der Waals surface area (Å²) in [5.74, 6) is -0.0515. The molecule has 0 fully saturated rings. The molecule has 1 aliphatic heterocycles. The van der Waals surface area contributed by atoms with Gasteiger partial charge in [0.05, 0.1) is 7.11 Å². The molecule has 1 aliphatic rings. The number of halogens is 1. The Morgan fingerprint density at radius 1 is 1.09 bits per heavy atom. The van der Waals surface area contributed by atoms with Gasteiger partial charge in [0.2, 0.25) is 5.76 Å². The zero-order chi connectivity index (χ0) is 16.2. The molecule has 0 radical (unpaired) electrons. The third-order valence-corrected chi connectivity index (χ3v) is 4.47. The minimum Gasteiger partial charge on any atom is -0.479 e. The SMILES string of the molecule is COC(=O)C1=C[C@@H](c2ccc(Br)cc2)C[C@H](c2ccccc2)O1. The summed E-state index contributed by atoms with van der Waals surface area (Å²) in [5, 5.41) is 0. The van der Waals surface area contributed by atoms with Gasteiger partial charge in [-0.25, -0.2) is 4.79 Å². The van der Waals surface area contributed by atoms with E-state index in [1.165, 1.54) is 7.11 Å². The second kappa shape index (κ2) is 7.01. The lowest BCUT2D eigenvalue weighted by molar-refractivity contribution is -0.142.